The first-order valence-electron chi connectivity index (χ1n) is 12.5. The molecule has 184 valence electrons. The molecule has 0 saturated carbocycles. The van der Waals surface area contributed by atoms with Crippen LogP contribution < -0.4 is 0 Å². The Bertz CT molecular complexity index is 1180. The molecule has 4 fully saturated rings. The fourth-order valence-electron chi connectivity index (χ4n) is 7.39. The van der Waals surface area contributed by atoms with Gasteiger partial charge in [0.2, 0.25) is 0 Å². The Morgan fingerprint density at radius 3 is 1.42 bits per heavy atom. The van der Waals surface area contributed by atoms with E-state index in [-0.39, 0.29) is 30.2 Å². The lowest BCUT2D eigenvalue weighted by Gasteiger charge is -2.49. The maximum absolute atomic E-state index is 14.1. The van der Waals surface area contributed by atoms with Crippen LogP contribution in [0.1, 0.15) is 62.5 Å². The third-order valence-corrected chi connectivity index (χ3v) is 9.37. The molecule has 2 aromatic heterocycles. The van der Waals surface area contributed by atoms with E-state index >= 15 is 0 Å². The predicted octanol–water partition coefficient (Wildman–Crippen LogP) is 5.38. The predicted molar refractivity (Wildman–Crippen MR) is 134 cm³/mol. The number of carbonyl (C=O) groups excluding carboxylic acids is 1. The Labute approximate surface area is 220 Å². The Hall–Kier alpha value is -2.87. The molecule has 4 aliphatic rings. The van der Waals surface area contributed by atoms with Gasteiger partial charge in [-0.3, -0.25) is 9.97 Å². The maximum Gasteiger partial charge on any atom is 0.321 e. The molecule has 0 spiro atoms. The van der Waals surface area contributed by atoms with Gasteiger partial charge in [-0.1, -0.05) is 23.2 Å². The van der Waals surface area contributed by atoms with Crippen LogP contribution >= 0.6 is 23.2 Å². The Morgan fingerprint density at radius 1 is 0.750 bits per heavy atom. The summed E-state index contributed by atoms with van der Waals surface area (Å²) < 4.78 is 0. The van der Waals surface area contributed by atoms with Crippen LogP contribution in [0.3, 0.4) is 0 Å². The van der Waals surface area contributed by atoms with Gasteiger partial charge in [-0.25, -0.2) is 4.79 Å². The van der Waals surface area contributed by atoms with Gasteiger partial charge in [0.05, 0.1) is 33.0 Å². The molecular formula is C27H26Cl2N6O. The van der Waals surface area contributed by atoms with Crippen molar-refractivity contribution in [2.24, 2.45) is 0 Å². The lowest BCUT2D eigenvalue weighted by atomic mass is 9.71. The summed E-state index contributed by atoms with van der Waals surface area (Å²) in [5, 5.41) is 21.5. The topological polar surface area (TPSA) is 96.9 Å². The minimum Gasteiger partial charge on any atom is -0.319 e. The molecule has 0 N–H and O–H groups in total. The molecule has 6 heterocycles. The van der Waals surface area contributed by atoms with Crippen LogP contribution in [0.4, 0.5) is 4.79 Å². The second kappa shape index (κ2) is 8.61. The zero-order chi connectivity index (χ0) is 25.1. The first-order valence-corrected chi connectivity index (χ1v) is 13.3. The van der Waals surface area contributed by atoms with E-state index in [0.717, 1.165) is 36.8 Å². The SMILES string of the molecule is N#CC1(c2cncc(Cl)c2)CC2CCC(C1)N2C(=O)N1C2CCC1CC(C#N)(c1cncc(Cl)c1)C2. The van der Waals surface area contributed by atoms with Gasteiger partial charge < -0.3 is 9.80 Å². The quantitative estimate of drug-likeness (QED) is 0.529. The number of pyridine rings is 2. The van der Waals surface area contributed by atoms with Crippen molar-refractivity contribution in [1.29, 1.82) is 10.5 Å². The highest BCUT2D eigenvalue weighted by Crippen LogP contribution is 2.51. The number of aromatic nitrogens is 2. The van der Waals surface area contributed by atoms with E-state index < -0.39 is 10.8 Å². The van der Waals surface area contributed by atoms with Crippen molar-refractivity contribution >= 4 is 29.2 Å². The van der Waals surface area contributed by atoms with Crippen molar-refractivity contribution in [3.8, 4) is 12.1 Å². The number of fused-ring (bicyclic) bond motifs is 4. The van der Waals surface area contributed by atoms with Crippen LogP contribution in [0.5, 0.6) is 0 Å². The van der Waals surface area contributed by atoms with E-state index in [1.807, 2.05) is 12.1 Å². The zero-order valence-electron chi connectivity index (χ0n) is 19.8. The van der Waals surface area contributed by atoms with Crippen molar-refractivity contribution in [3.63, 3.8) is 0 Å². The van der Waals surface area contributed by atoms with Crippen molar-refractivity contribution in [1.82, 2.24) is 19.8 Å². The molecule has 4 aliphatic heterocycles. The average Bonchev–Trinajstić information content (AvgIpc) is 3.32. The molecule has 4 saturated heterocycles. The van der Waals surface area contributed by atoms with E-state index in [1.54, 1.807) is 24.8 Å². The molecular weight excluding hydrogens is 495 g/mol. The minimum atomic E-state index is -0.684. The van der Waals surface area contributed by atoms with Crippen LogP contribution in [0, 0.1) is 22.7 Å². The summed E-state index contributed by atoms with van der Waals surface area (Å²) in [6.45, 7) is 0. The molecule has 4 bridgehead atoms. The lowest BCUT2D eigenvalue weighted by Crippen LogP contribution is -2.60. The standard InChI is InChI=1S/C27H26Cl2N6O/c28-19-5-17(11-32-13-19)26(15-30)7-21-1-2-22(8-26)34(21)25(36)35-23-3-4-24(35)10-27(9-23,16-31)18-6-20(29)14-33-12-18/h5-6,11-14,21-24H,1-4,7-10H2. The second-order valence-corrected chi connectivity index (χ2v) is 11.7. The smallest absolute Gasteiger partial charge is 0.319 e. The normalized spacial score (nSPS) is 34.8. The summed E-state index contributed by atoms with van der Waals surface area (Å²) >= 11 is 12.4. The number of nitriles is 2. The van der Waals surface area contributed by atoms with Crippen molar-refractivity contribution in [2.45, 2.75) is 86.4 Å². The summed E-state index contributed by atoms with van der Waals surface area (Å²) in [6.07, 6.45) is 12.6. The number of hydrogen-bond acceptors (Lipinski definition) is 5. The molecule has 2 aromatic rings. The Morgan fingerprint density at radius 2 is 1.11 bits per heavy atom. The van der Waals surface area contributed by atoms with Gasteiger partial charge in [-0.15, -0.1) is 0 Å². The number of urea groups is 1. The molecule has 4 unspecified atom stereocenters. The highest BCUT2D eigenvalue weighted by atomic mass is 35.5. The van der Waals surface area contributed by atoms with Gasteiger partial charge in [-0.2, -0.15) is 10.5 Å². The van der Waals surface area contributed by atoms with Crippen LogP contribution in [-0.2, 0) is 10.8 Å². The number of hydrogen-bond donors (Lipinski definition) is 0. The average molecular weight is 521 g/mol. The fraction of sp³-hybridized carbons (Fsp3) is 0.519. The number of amides is 2. The lowest BCUT2D eigenvalue weighted by molar-refractivity contribution is 0.0596. The number of piperidine rings is 2. The Kier molecular flexibility index (Phi) is 5.63. The van der Waals surface area contributed by atoms with E-state index in [1.165, 1.54) is 0 Å². The molecule has 7 nitrogen and oxygen atoms in total. The molecule has 0 aromatic carbocycles. The molecule has 0 aliphatic carbocycles. The summed E-state index contributed by atoms with van der Waals surface area (Å²) in [6, 6.07) is 8.92. The van der Waals surface area contributed by atoms with E-state index in [2.05, 4.69) is 31.9 Å². The third-order valence-electron chi connectivity index (χ3n) is 8.96. The van der Waals surface area contributed by atoms with E-state index in [4.69, 9.17) is 23.2 Å². The zero-order valence-corrected chi connectivity index (χ0v) is 21.3. The van der Waals surface area contributed by atoms with Crippen molar-refractivity contribution < 1.29 is 4.79 Å². The molecule has 9 heteroatoms. The maximum atomic E-state index is 14.1. The highest BCUT2D eigenvalue weighted by Gasteiger charge is 2.56. The van der Waals surface area contributed by atoms with E-state index in [0.29, 0.717) is 35.7 Å². The number of carbonyl (C=O) groups is 1. The van der Waals surface area contributed by atoms with Crippen LogP contribution in [0.25, 0.3) is 0 Å². The monoisotopic (exact) mass is 520 g/mol. The number of rotatable bonds is 2. The molecule has 2 amide bonds. The first kappa shape index (κ1) is 23.5. The van der Waals surface area contributed by atoms with Gasteiger partial charge in [0.1, 0.15) is 0 Å². The fourth-order valence-corrected chi connectivity index (χ4v) is 7.74. The summed E-state index contributed by atoms with van der Waals surface area (Å²) in [4.78, 5) is 26.6. The molecule has 36 heavy (non-hydrogen) atoms. The minimum absolute atomic E-state index is 0.00839. The number of nitrogens with zero attached hydrogens (tertiary/aromatic N) is 6. The van der Waals surface area contributed by atoms with Crippen LogP contribution in [-0.4, -0.2) is 50.0 Å². The van der Waals surface area contributed by atoms with E-state index in [9.17, 15) is 15.3 Å². The Balaban J connectivity index is 1.25. The molecule has 4 atom stereocenters. The number of halogens is 2. The van der Waals surface area contributed by atoms with Gasteiger partial charge in [-0.05, 0) is 74.6 Å². The van der Waals surface area contributed by atoms with Gasteiger partial charge >= 0.3 is 6.03 Å². The summed E-state index contributed by atoms with van der Waals surface area (Å²) in [5.74, 6) is 0. The van der Waals surface area contributed by atoms with Gasteiger partial charge in [0.15, 0.2) is 0 Å². The third kappa shape index (κ3) is 3.56. The summed E-state index contributed by atoms with van der Waals surface area (Å²) in [7, 11) is 0. The molecule has 6 rings (SSSR count). The van der Waals surface area contributed by atoms with Crippen LogP contribution in [0.15, 0.2) is 36.9 Å². The van der Waals surface area contributed by atoms with Gasteiger partial charge in [0.25, 0.3) is 0 Å². The highest BCUT2D eigenvalue weighted by molar-refractivity contribution is 6.30. The molecule has 0 radical (unpaired) electrons. The second-order valence-electron chi connectivity index (χ2n) is 10.9. The first-order chi connectivity index (χ1) is 17.4. The van der Waals surface area contributed by atoms with Crippen molar-refractivity contribution in [2.75, 3.05) is 0 Å². The van der Waals surface area contributed by atoms with Gasteiger partial charge in [0, 0.05) is 49.0 Å². The summed E-state index contributed by atoms with van der Waals surface area (Å²) in [5.41, 5.74) is 0.315. The van der Waals surface area contributed by atoms with Crippen molar-refractivity contribution in [3.05, 3.63) is 58.1 Å². The largest absolute Gasteiger partial charge is 0.321 e. The van der Waals surface area contributed by atoms with Crippen LogP contribution in [0.2, 0.25) is 10.0 Å².